The number of non-ortho nitro benzene ring substituents is 1. The van der Waals surface area contributed by atoms with Crippen molar-refractivity contribution in [1.82, 2.24) is 4.31 Å². The van der Waals surface area contributed by atoms with Crippen LogP contribution in [0.4, 0.5) is 11.4 Å². The Morgan fingerprint density at radius 3 is 2.68 bits per heavy atom. The van der Waals surface area contributed by atoms with E-state index in [-0.39, 0.29) is 22.3 Å². The van der Waals surface area contributed by atoms with Gasteiger partial charge in [0.05, 0.1) is 16.5 Å². The fraction of sp³-hybridized carbons (Fsp3) is 0.389. The highest BCUT2D eigenvalue weighted by Crippen LogP contribution is 2.29. The first-order valence-electron chi connectivity index (χ1n) is 8.81. The van der Waals surface area contributed by atoms with E-state index in [0.717, 1.165) is 4.88 Å². The number of nitro groups is 1. The van der Waals surface area contributed by atoms with Crippen LogP contribution in [0.2, 0.25) is 0 Å². The highest BCUT2D eigenvalue weighted by molar-refractivity contribution is 7.91. The fourth-order valence-electron chi connectivity index (χ4n) is 3.15. The summed E-state index contributed by atoms with van der Waals surface area (Å²) in [4.78, 5) is 24.1. The van der Waals surface area contributed by atoms with Crippen LogP contribution in [0, 0.1) is 29.9 Å². The number of carbonyl (C=O) groups is 1. The van der Waals surface area contributed by atoms with E-state index in [2.05, 4.69) is 5.32 Å². The van der Waals surface area contributed by atoms with E-state index < -0.39 is 20.9 Å². The Bertz CT molecular complexity index is 1020. The van der Waals surface area contributed by atoms with Crippen LogP contribution in [0.15, 0.2) is 34.5 Å². The summed E-state index contributed by atoms with van der Waals surface area (Å²) < 4.78 is 27.3. The molecule has 1 saturated heterocycles. The van der Waals surface area contributed by atoms with Gasteiger partial charge in [0, 0.05) is 30.1 Å². The summed E-state index contributed by atoms with van der Waals surface area (Å²) in [5, 5.41) is 13.7. The molecule has 0 radical (unpaired) electrons. The molecule has 1 aliphatic heterocycles. The Labute approximate surface area is 167 Å². The maximum atomic E-state index is 12.8. The molecule has 0 spiro atoms. The molecule has 1 N–H and O–H groups in total. The minimum Gasteiger partial charge on any atom is -0.325 e. The number of hydrogen-bond donors (Lipinski definition) is 1. The highest BCUT2D eigenvalue weighted by atomic mass is 32.2. The zero-order chi connectivity index (χ0) is 20.5. The van der Waals surface area contributed by atoms with E-state index in [9.17, 15) is 23.3 Å². The normalized spacial score (nSPS) is 18.0. The van der Waals surface area contributed by atoms with Gasteiger partial charge in [-0.1, -0.05) is 6.07 Å². The lowest BCUT2D eigenvalue weighted by Crippen LogP contribution is -2.43. The molecular weight excluding hydrogens is 402 g/mol. The molecule has 0 saturated carbocycles. The van der Waals surface area contributed by atoms with E-state index in [1.165, 1.54) is 27.8 Å². The molecule has 0 aliphatic carbocycles. The first-order chi connectivity index (χ1) is 13.2. The molecule has 3 rings (SSSR count). The Balaban J connectivity index is 1.75. The molecule has 1 atom stereocenters. The van der Waals surface area contributed by atoms with Gasteiger partial charge >= 0.3 is 0 Å². The van der Waals surface area contributed by atoms with Crippen LogP contribution in [-0.2, 0) is 14.8 Å². The molecule has 1 amide bonds. The Hall–Kier alpha value is -2.30. The van der Waals surface area contributed by atoms with Gasteiger partial charge in [-0.05, 0) is 44.4 Å². The number of nitro benzene ring substituents is 1. The SMILES string of the molecule is Cc1ccc(S(=O)(=O)N2CCC[C@@H](C(=O)Nc3cc([N+](=O)[O-])ccc3C)C2)s1. The van der Waals surface area contributed by atoms with E-state index >= 15 is 0 Å². The smallest absolute Gasteiger partial charge is 0.271 e. The number of sulfonamides is 1. The summed E-state index contributed by atoms with van der Waals surface area (Å²) >= 11 is 1.21. The molecule has 1 aromatic carbocycles. The van der Waals surface area contributed by atoms with Crippen LogP contribution in [0.3, 0.4) is 0 Å². The molecule has 0 bridgehead atoms. The second-order valence-corrected chi connectivity index (χ2v) is 10.3. The quantitative estimate of drug-likeness (QED) is 0.586. The third kappa shape index (κ3) is 4.23. The molecule has 10 heteroatoms. The number of amides is 1. The number of carbonyl (C=O) groups excluding carboxylic acids is 1. The fourth-order valence-corrected chi connectivity index (χ4v) is 6.11. The van der Waals surface area contributed by atoms with Crippen molar-refractivity contribution in [2.75, 3.05) is 18.4 Å². The first-order valence-corrected chi connectivity index (χ1v) is 11.1. The Morgan fingerprint density at radius 2 is 2.04 bits per heavy atom. The summed E-state index contributed by atoms with van der Waals surface area (Å²) in [7, 11) is -3.62. The van der Waals surface area contributed by atoms with E-state index in [0.29, 0.717) is 30.6 Å². The Kier molecular flexibility index (Phi) is 5.82. The number of rotatable bonds is 5. The monoisotopic (exact) mass is 423 g/mol. The maximum Gasteiger partial charge on any atom is 0.271 e. The molecule has 1 aliphatic rings. The summed E-state index contributed by atoms with van der Waals surface area (Å²) in [6.45, 7) is 4.06. The van der Waals surface area contributed by atoms with Crippen LogP contribution >= 0.6 is 11.3 Å². The number of anilines is 1. The molecule has 150 valence electrons. The van der Waals surface area contributed by atoms with E-state index in [1.807, 2.05) is 6.92 Å². The minimum absolute atomic E-state index is 0.0963. The van der Waals surface area contributed by atoms with Crippen molar-refractivity contribution >= 4 is 38.6 Å². The number of thiophene rings is 1. The van der Waals surface area contributed by atoms with E-state index in [1.54, 1.807) is 25.1 Å². The van der Waals surface area contributed by atoms with Gasteiger partial charge in [-0.3, -0.25) is 14.9 Å². The van der Waals surface area contributed by atoms with Gasteiger partial charge in [0.25, 0.3) is 15.7 Å². The van der Waals surface area contributed by atoms with Crippen LogP contribution in [0.1, 0.15) is 23.3 Å². The summed E-state index contributed by atoms with van der Waals surface area (Å²) in [5.74, 6) is -0.839. The predicted octanol–water partition coefficient (Wildman–Crippen LogP) is 3.31. The van der Waals surface area contributed by atoms with Crippen molar-refractivity contribution in [2.45, 2.75) is 30.9 Å². The van der Waals surface area contributed by atoms with Crippen molar-refractivity contribution < 1.29 is 18.1 Å². The predicted molar refractivity (Wildman–Crippen MR) is 107 cm³/mol. The number of hydrogen-bond acceptors (Lipinski definition) is 6. The molecule has 1 fully saturated rings. The molecule has 2 aromatic rings. The number of nitrogens with zero attached hydrogens (tertiary/aromatic N) is 2. The van der Waals surface area contributed by atoms with E-state index in [4.69, 9.17) is 0 Å². The summed E-state index contributed by atoms with van der Waals surface area (Å²) in [5.41, 5.74) is 0.961. The highest BCUT2D eigenvalue weighted by Gasteiger charge is 2.34. The molecule has 28 heavy (non-hydrogen) atoms. The van der Waals surface area contributed by atoms with Gasteiger partial charge in [-0.2, -0.15) is 4.31 Å². The first kappa shape index (κ1) is 20.4. The average molecular weight is 424 g/mol. The van der Waals surface area contributed by atoms with Gasteiger partial charge in [-0.15, -0.1) is 11.3 Å². The summed E-state index contributed by atoms with van der Waals surface area (Å²) in [6.07, 6.45) is 1.14. The Morgan fingerprint density at radius 1 is 1.29 bits per heavy atom. The largest absolute Gasteiger partial charge is 0.325 e. The minimum atomic E-state index is -3.62. The standard InChI is InChI=1S/C18H21N3O5S2/c1-12-5-7-15(21(23)24)10-16(12)19-18(22)14-4-3-9-20(11-14)28(25,26)17-8-6-13(2)27-17/h5-8,10,14H,3-4,9,11H2,1-2H3,(H,19,22)/t14-/m1/s1. The molecule has 0 unspecified atom stereocenters. The third-order valence-electron chi connectivity index (χ3n) is 4.75. The number of benzene rings is 1. The maximum absolute atomic E-state index is 12.8. The zero-order valence-electron chi connectivity index (χ0n) is 15.5. The summed E-state index contributed by atoms with van der Waals surface area (Å²) in [6, 6.07) is 7.62. The topological polar surface area (TPSA) is 110 Å². The van der Waals surface area contributed by atoms with Gasteiger partial charge in [0.15, 0.2) is 0 Å². The lowest BCUT2D eigenvalue weighted by Gasteiger charge is -2.30. The number of piperidine rings is 1. The van der Waals surface area contributed by atoms with Crippen molar-refractivity contribution in [1.29, 1.82) is 0 Å². The van der Waals surface area contributed by atoms with Gasteiger partial charge < -0.3 is 5.32 Å². The second kappa shape index (κ2) is 7.98. The van der Waals surface area contributed by atoms with Crippen molar-refractivity contribution in [3.63, 3.8) is 0 Å². The third-order valence-corrected chi connectivity index (χ3v) is 8.09. The van der Waals surface area contributed by atoms with Gasteiger partial charge in [0.1, 0.15) is 4.21 Å². The average Bonchev–Trinajstić information content (AvgIpc) is 3.10. The van der Waals surface area contributed by atoms with Crippen LogP contribution in [0.25, 0.3) is 0 Å². The molecule has 8 nitrogen and oxygen atoms in total. The van der Waals surface area contributed by atoms with Crippen LogP contribution < -0.4 is 5.32 Å². The van der Waals surface area contributed by atoms with Crippen molar-refractivity contribution in [3.05, 3.63) is 50.9 Å². The lowest BCUT2D eigenvalue weighted by atomic mass is 9.98. The second-order valence-electron chi connectivity index (χ2n) is 6.81. The lowest BCUT2D eigenvalue weighted by molar-refractivity contribution is -0.384. The number of nitrogens with one attached hydrogen (secondary N) is 1. The number of aryl methyl sites for hydroxylation is 2. The molecule has 2 heterocycles. The molecular formula is C18H21N3O5S2. The van der Waals surface area contributed by atoms with Gasteiger partial charge in [0.2, 0.25) is 5.91 Å². The van der Waals surface area contributed by atoms with Crippen LogP contribution in [0.5, 0.6) is 0 Å². The van der Waals surface area contributed by atoms with Crippen molar-refractivity contribution in [2.24, 2.45) is 5.92 Å². The van der Waals surface area contributed by atoms with Gasteiger partial charge in [-0.25, -0.2) is 8.42 Å². The van der Waals surface area contributed by atoms with Crippen LogP contribution in [-0.4, -0.2) is 36.6 Å². The molecule has 1 aromatic heterocycles. The van der Waals surface area contributed by atoms with Crippen molar-refractivity contribution in [3.8, 4) is 0 Å². The zero-order valence-corrected chi connectivity index (χ0v) is 17.2.